The van der Waals surface area contributed by atoms with Gasteiger partial charge in [0.25, 0.3) is 11.1 Å². The molecule has 0 saturated carbocycles. The van der Waals surface area contributed by atoms with Gasteiger partial charge in [0.05, 0.1) is 17.2 Å². The van der Waals surface area contributed by atoms with Crippen molar-refractivity contribution in [3.8, 4) is 11.5 Å². The summed E-state index contributed by atoms with van der Waals surface area (Å²) in [6.07, 6.45) is 1.69. The molecule has 0 atom stereocenters. The molecule has 3 aromatic rings. The molecule has 7 heteroatoms. The van der Waals surface area contributed by atoms with Crippen molar-refractivity contribution in [2.45, 2.75) is 20.5 Å². The first-order valence-electron chi connectivity index (χ1n) is 10.4. The van der Waals surface area contributed by atoms with Gasteiger partial charge in [0.1, 0.15) is 6.61 Å². The van der Waals surface area contributed by atoms with Gasteiger partial charge in [0.2, 0.25) is 0 Å². The summed E-state index contributed by atoms with van der Waals surface area (Å²) in [7, 11) is 0. The summed E-state index contributed by atoms with van der Waals surface area (Å²) < 4.78 is 11.7. The van der Waals surface area contributed by atoms with Crippen LogP contribution in [0.3, 0.4) is 0 Å². The predicted molar refractivity (Wildman–Crippen MR) is 133 cm³/mol. The second-order valence-corrected chi connectivity index (χ2v) is 8.84. The van der Waals surface area contributed by atoms with Crippen LogP contribution in [0.25, 0.3) is 6.08 Å². The SMILES string of the molecule is CCOc1cc(C=C2SC(=O)N(c3ccc(Cl)cc3)C2=O)ccc1OCc1ccc(C)cc1. The number of ether oxygens (including phenoxy) is 2. The number of nitrogens with zero attached hydrogens (tertiary/aromatic N) is 1. The molecule has 1 saturated heterocycles. The topological polar surface area (TPSA) is 55.8 Å². The van der Waals surface area contributed by atoms with Gasteiger partial charge in [-0.05, 0) is 79.2 Å². The molecule has 3 aromatic carbocycles. The molecule has 0 spiro atoms. The highest BCUT2D eigenvalue weighted by atomic mass is 35.5. The van der Waals surface area contributed by atoms with E-state index >= 15 is 0 Å². The van der Waals surface area contributed by atoms with Crippen LogP contribution in [-0.2, 0) is 11.4 Å². The number of hydrogen-bond acceptors (Lipinski definition) is 5. The van der Waals surface area contributed by atoms with E-state index in [1.807, 2.05) is 56.3 Å². The molecule has 0 aliphatic carbocycles. The Hall–Kier alpha value is -3.22. The van der Waals surface area contributed by atoms with E-state index in [1.165, 1.54) is 5.56 Å². The number of benzene rings is 3. The lowest BCUT2D eigenvalue weighted by atomic mass is 10.1. The van der Waals surface area contributed by atoms with Gasteiger partial charge in [-0.25, -0.2) is 4.90 Å². The van der Waals surface area contributed by atoms with Gasteiger partial charge in [0, 0.05) is 5.02 Å². The first-order chi connectivity index (χ1) is 15.9. The third-order valence-corrected chi connectivity index (χ3v) is 6.08. The minimum absolute atomic E-state index is 0.339. The lowest BCUT2D eigenvalue weighted by molar-refractivity contribution is -0.113. The summed E-state index contributed by atoms with van der Waals surface area (Å²) in [5.74, 6) is 0.823. The van der Waals surface area contributed by atoms with Crippen LogP contribution in [0.5, 0.6) is 11.5 Å². The van der Waals surface area contributed by atoms with Crippen LogP contribution in [0.15, 0.2) is 71.6 Å². The summed E-state index contributed by atoms with van der Waals surface area (Å²) in [6, 6.07) is 20.2. The zero-order valence-corrected chi connectivity index (χ0v) is 19.8. The van der Waals surface area contributed by atoms with Gasteiger partial charge >= 0.3 is 0 Å². The van der Waals surface area contributed by atoms with Crippen molar-refractivity contribution in [2.24, 2.45) is 0 Å². The number of rotatable bonds is 7. The van der Waals surface area contributed by atoms with Crippen molar-refractivity contribution >= 4 is 46.3 Å². The van der Waals surface area contributed by atoms with Crippen LogP contribution in [-0.4, -0.2) is 17.8 Å². The molecule has 0 radical (unpaired) electrons. The average molecular weight is 480 g/mol. The van der Waals surface area contributed by atoms with E-state index in [4.69, 9.17) is 21.1 Å². The Balaban J connectivity index is 1.54. The number of imide groups is 1. The van der Waals surface area contributed by atoms with Gasteiger partial charge in [0.15, 0.2) is 11.5 Å². The van der Waals surface area contributed by atoms with Crippen molar-refractivity contribution in [3.63, 3.8) is 0 Å². The first kappa shape index (κ1) is 23.0. The molecule has 33 heavy (non-hydrogen) atoms. The highest BCUT2D eigenvalue weighted by Gasteiger charge is 2.36. The number of carbonyl (C=O) groups is 2. The molecule has 4 rings (SSSR count). The predicted octanol–water partition coefficient (Wildman–Crippen LogP) is 6.87. The van der Waals surface area contributed by atoms with E-state index in [0.29, 0.717) is 40.3 Å². The molecule has 0 unspecified atom stereocenters. The number of carbonyl (C=O) groups excluding carboxylic acids is 2. The minimum Gasteiger partial charge on any atom is -0.490 e. The fourth-order valence-electron chi connectivity index (χ4n) is 3.28. The molecule has 0 N–H and O–H groups in total. The maximum absolute atomic E-state index is 12.9. The number of anilines is 1. The van der Waals surface area contributed by atoms with Gasteiger partial charge in [-0.3, -0.25) is 9.59 Å². The number of hydrogen-bond donors (Lipinski definition) is 0. The highest BCUT2D eigenvalue weighted by molar-refractivity contribution is 8.19. The Morgan fingerprint density at radius 2 is 1.67 bits per heavy atom. The molecule has 2 amide bonds. The standard InChI is InChI=1S/C26H22ClNO4S/c1-3-31-23-14-19(8-13-22(23)32-16-18-6-4-17(2)5-7-18)15-24-25(29)28(26(30)33-24)21-11-9-20(27)10-12-21/h4-15H,3,16H2,1-2H3. The summed E-state index contributed by atoms with van der Waals surface area (Å²) in [6.45, 7) is 4.83. The molecule has 1 heterocycles. The Morgan fingerprint density at radius 1 is 0.939 bits per heavy atom. The van der Waals surface area contributed by atoms with Crippen LogP contribution in [0, 0.1) is 6.92 Å². The first-order valence-corrected chi connectivity index (χ1v) is 11.6. The molecule has 5 nitrogen and oxygen atoms in total. The quantitative estimate of drug-likeness (QED) is 0.346. The number of halogens is 1. The van der Waals surface area contributed by atoms with Gasteiger partial charge < -0.3 is 9.47 Å². The Morgan fingerprint density at radius 3 is 2.36 bits per heavy atom. The maximum Gasteiger partial charge on any atom is 0.298 e. The van der Waals surface area contributed by atoms with Crippen molar-refractivity contribution in [3.05, 3.63) is 93.3 Å². The van der Waals surface area contributed by atoms with Crippen LogP contribution < -0.4 is 14.4 Å². The third kappa shape index (κ3) is 5.41. The van der Waals surface area contributed by atoms with Gasteiger partial charge in [-0.2, -0.15) is 0 Å². The Labute approximate surface area is 202 Å². The summed E-state index contributed by atoms with van der Waals surface area (Å²) >= 11 is 6.82. The van der Waals surface area contributed by atoms with Crippen molar-refractivity contribution in [1.82, 2.24) is 0 Å². The van der Waals surface area contributed by atoms with Gasteiger partial charge in [-0.15, -0.1) is 0 Å². The van der Waals surface area contributed by atoms with E-state index in [0.717, 1.165) is 27.8 Å². The number of aryl methyl sites for hydroxylation is 1. The van der Waals surface area contributed by atoms with Crippen molar-refractivity contribution in [2.75, 3.05) is 11.5 Å². The molecule has 0 bridgehead atoms. The van der Waals surface area contributed by atoms with Crippen molar-refractivity contribution < 1.29 is 19.1 Å². The van der Waals surface area contributed by atoms with Crippen molar-refractivity contribution in [1.29, 1.82) is 0 Å². The molecule has 0 aromatic heterocycles. The Kier molecular flexibility index (Phi) is 7.06. The van der Waals surface area contributed by atoms with E-state index in [1.54, 1.807) is 30.3 Å². The average Bonchev–Trinajstić information content (AvgIpc) is 3.08. The van der Waals surface area contributed by atoms with Crippen LogP contribution in [0.2, 0.25) is 5.02 Å². The highest BCUT2D eigenvalue weighted by Crippen LogP contribution is 2.37. The zero-order chi connectivity index (χ0) is 23.4. The summed E-state index contributed by atoms with van der Waals surface area (Å²) in [5, 5.41) is 0.186. The molecular formula is C26H22ClNO4S. The van der Waals surface area contributed by atoms with E-state index in [-0.39, 0.29) is 11.1 Å². The van der Waals surface area contributed by atoms with E-state index in [9.17, 15) is 9.59 Å². The lowest BCUT2D eigenvalue weighted by Crippen LogP contribution is -2.27. The summed E-state index contributed by atoms with van der Waals surface area (Å²) in [4.78, 5) is 26.9. The normalized spacial score (nSPS) is 14.8. The third-order valence-electron chi connectivity index (χ3n) is 4.96. The summed E-state index contributed by atoms with van der Waals surface area (Å²) in [5.41, 5.74) is 3.48. The smallest absolute Gasteiger partial charge is 0.298 e. The van der Waals surface area contributed by atoms with Crippen LogP contribution in [0.4, 0.5) is 10.5 Å². The molecule has 1 aliphatic rings. The van der Waals surface area contributed by atoms with E-state index < -0.39 is 0 Å². The molecule has 168 valence electrons. The Bertz CT molecular complexity index is 1210. The second-order valence-electron chi connectivity index (χ2n) is 7.41. The number of thioether (sulfide) groups is 1. The van der Waals surface area contributed by atoms with Crippen LogP contribution >= 0.6 is 23.4 Å². The molecule has 1 aliphatic heterocycles. The molecule has 1 fully saturated rings. The monoisotopic (exact) mass is 479 g/mol. The minimum atomic E-state index is -0.370. The zero-order valence-electron chi connectivity index (χ0n) is 18.2. The fourth-order valence-corrected chi connectivity index (χ4v) is 4.25. The van der Waals surface area contributed by atoms with Crippen LogP contribution in [0.1, 0.15) is 23.6 Å². The van der Waals surface area contributed by atoms with E-state index in [2.05, 4.69) is 0 Å². The fraction of sp³-hybridized carbons (Fsp3) is 0.154. The second kappa shape index (κ2) is 10.1. The maximum atomic E-state index is 12.9. The van der Waals surface area contributed by atoms with Gasteiger partial charge in [-0.1, -0.05) is 47.5 Å². The largest absolute Gasteiger partial charge is 0.490 e. The lowest BCUT2D eigenvalue weighted by Gasteiger charge is -2.13. The molecular weight excluding hydrogens is 458 g/mol. The number of amides is 2.